The van der Waals surface area contributed by atoms with Gasteiger partial charge in [-0.1, -0.05) is 0 Å². The van der Waals surface area contributed by atoms with Gasteiger partial charge in [-0.15, -0.1) is 0 Å². The van der Waals surface area contributed by atoms with Crippen LogP contribution in [0.4, 0.5) is 0 Å². The highest BCUT2D eigenvalue weighted by atomic mass is 16.2. The van der Waals surface area contributed by atoms with Crippen LogP contribution >= 0.6 is 0 Å². The van der Waals surface area contributed by atoms with Crippen LogP contribution in [0.2, 0.25) is 0 Å². The standard InChI is InChI=1S/C17H26N2O2/c1-12(20)18-17-9-13-6-14(10-17)8-16(7-13,11-17)15(21)19-4-2-3-5-19/h13-14H,2-11H2,1H3,(H,18,20). The van der Waals surface area contributed by atoms with E-state index in [9.17, 15) is 9.59 Å². The highest BCUT2D eigenvalue weighted by Gasteiger charge is 2.61. The molecule has 5 rings (SSSR count). The molecule has 0 spiro atoms. The van der Waals surface area contributed by atoms with Crippen molar-refractivity contribution in [3.8, 4) is 0 Å². The lowest BCUT2D eigenvalue weighted by Crippen LogP contribution is -2.65. The van der Waals surface area contributed by atoms with Crippen LogP contribution in [-0.2, 0) is 9.59 Å². The van der Waals surface area contributed by atoms with Gasteiger partial charge in [-0.25, -0.2) is 0 Å². The van der Waals surface area contributed by atoms with Crippen molar-refractivity contribution in [2.45, 2.75) is 63.8 Å². The molecule has 21 heavy (non-hydrogen) atoms. The summed E-state index contributed by atoms with van der Waals surface area (Å²) in [6.07, 6.45) is 8.81. The Labute approximate surface area is 126 Å². The summed E-state index contributed by atoms with van der Waals surface area (Å²) in [5.41, 5.74) is -0.234. The minimum atomic E-state index is -0.156. The quantitative estimate of drug-likeness (QED) is 0.846. The topological polar surface area (TPSA) is 49.4 Å². The number of likely N-dealkylation sites (tertiary alicyclic amines) is 1. The van der Waals surface area contributed by atoms with Crippen molar-refractivity contribution in [1.29, 1.82) is 0 Å². The zero-order chi connectivity index (χ0) is 14.7. The molecule has 4 nitrogen and oxygen atoms in total. The first-order valence-corrected chi connectivity index (χ1v) is 8.59. The number of hydrogen-bond donors (Lipinski definition) is 1. The third-order valence-corrected chi connectivity index (χ3v) is 6.35. The van der Waals surface area contributed by atoms with Crippen molar-refractivity contribution >= 4 is 11.8 Å². The first-order chi connectivity index (χ1) is 10.0. The highest BCUT2D eigenvalue weighted by Crippen LogP contribution is 2.62. The Morgan fingerprint density at radius 2 is 1.67 bits per heavy atom. The Morgan fingerprint density at radius 3 is 2.24 bits per heavy atom. The van der Waals surface area contributed by atoms with Gasteiger partial charge in [0.1, 0.15) is 0 Å². The van der Waals surface area contributed by atoms with Gasteiger partial charge >= 0.3 is 0 Å². The summed E-state index contributed by atoms with van der Waals surface area (Å²) >= 11 is 0. The summed E-state index contributed by atoms with van der Waals surface area (Å²) in [4.78, 5) is 26.9. The van der Waals surface area contributed by atoms with Crippen molar-refractivity contribution < 1.29 is 9.59 Å². The molecule has 4 aliphatic carbocycles. The SMILES string of the molecule is CC(=O)NC12CC3CC(C1)CC(C(=O)N1CCCC1)(C3)C2. The monoisotopic (exact) mass is 290 g/mol. The van der Waals surface area contributed by atoms with Crippen molar-refractivity contribution in [3.63, 3.8) is 0 Å². The fourth-order valence-electron chi connectivity index (χ4n) is 6.29. The summed E-state index contributed by atoms with van der Waals surface area (Å²) in [5, 5.41) is 3.25. The lowest BCUT2D eigenvalue weighted by molar-refractivity contribution is -0.162. The van der Waals surface area contributed by atoms with Gasteiger partial charge in [0.15, 0.2) is 0 Å². The molecule has 1 heterocycles. The van der Waals surface area contributed by atoms with Crippen LogP contribution in [0, 0.1) is 17.3 Å². The molecular formula is C17H26N2O2. The third kappa shape index (κ3) is 2.09. The molecular weight excluding hydrogens is 264 g/mol. The van der Waals surface area contributed by atoms with Crippen LogP contribution < -0.4 is 5.32 Å². The zero-order valence-electron chi connectivity index (χ0n) is 13.0. The van der Waals surface area contributed by atoms with E-state index in [0.717, 1.165) is 58.0 Å². The van der Waals surface area contributed by atoms with E-state index >= 15 is 0 Å². The number of carbonyl (C=O) groups excluding carboxylic acids is 2. The molecule has 4 heteroatoms. The number of hydrogen-bond acceptors (Lipinski definition) is 2. The summed E-state index contributed by atoms with van der Waals surface area (Å²) in [6, 6.07) is 0. The molecule has 2 atom stereocenters. The molecule has 0 aromatic carbocycles. The van der Waals surface area contributed by atoms with Gasteiger partial charge in [0.25, 0.3) is 0 Å². The molecule has 1 saturated heterocycles. The average Bonchev–Trinajstić information content (AvgIpc) is 2.87. The fraction of sp³-hybridized carbons (Fsp3) is 0.882. The molecule has 1 aliphatic heterocycles. The largest absolute Gasteiger partial charge is 0.351 e. The average molecular weight is 290 g/mol. The van der Waals surface area contributed by atoms with E-state index in [1.807, 2.05) is 0 Å². The normalized spacial score (nSPS) is 44.1. The van der Waals surface area contributed by atoms with Crippen molar-refractivity contribution in [3.05, 3.63) is 0 Å². The summed E-state index contributed by atoms with van der Waals surface area (Å²) in [7, 11) is 0. The number of amides is 2. The highest BCUT2D eigenvalue weighted by molar-refractivity contribution is 5.84. The first kappa shape index (κ1) is 13.6. The molecule has 0 aromatic heterocycles. The zero-order valence-corrected chi connectivity index (χ0v) is 13.0. The molecule has 116 valence electrons. The maximum Gasteiger partial charge on any atom is 0.228 e. The van der Waals surface area contributed by atoms with Crippen molar-refractivity contribution in [2.24, 2.45) is 17.3 Å². The molecule has 5 fully saturated rings. The van der Waals surface area contributed by atoms with E-state index in [1.165, 1.54) is 6.42 Å². The molecule has 1 N–H and O–H groups in total. The van der Waals surface area contributed by atoms with Crippen LogP contribution in [0.1, 0.15) is 58.3 Å². The number of nitrogens with one attached hydrogen (secondary N) is 1. The Hall–Kier alpha value is -1.06. The maximum absolute atomic E-state index is 13.1. The molecule has 2 amide bonds. The van der Waals surface area contributed by atoms with Gasteiger partial charge in [-0.05, 0) is 63.2 Å². The van der Waals surface area contributed by atoms with Crippen LogP contribution in [0.25, 0.3) is 0 Å². The Bertz CT molecular complexity index is 467. The predicted molar refractivity (Wildman–Crippen MR) is 79.5 cm³/mol. The van der Waals surface area contributed by atoms with Gasteiger partial charge in [0, 0.05) is 25.6 Å². The number of nitrogens with zero attached hydrogens (tertiary/aromatic N) is 1. The lowest BCUT2D eigenvalue weighted by atomic mass is 9.46. The van der Waals surface area contributed by atoms with Crippen molar-refractivity contribution in [2.75, 3.05) is 13.1 Å². The second kappa shape index (κ2) is 4.47. The summed E-state index contributed by atoms with van der Waals surface area (Å²) < 4.78 is 0. The van der Waals surface area contributed by atoms with E-state index in [4.69, 9.17) is 0 Å². The minimum absolute atomic E-state index is 0.0701. The molecule has 0 radical (unpaired) electrons. The van der Waals surface area contributed by atoms with Gasteiger partial charge < -0.3 is 10.2 Å². The fourth-order valence-corrected chi connectivity index (χ4v) is 6.29. The summed E-state index contributed by atoms with van der Waals surface area (Å²) in [5.74, 6) is 1.76. The number of carbonyl (C=O) groups is 2. The van der Waals surface area contributed by atoms with Crippen LogP contribution in [0.5, 0.6) is 0 Å². The van der Waals surface area contributed by atoms with Gasteiger partial charge in [-0.2, -0.15) is 0 Å². The third-order valence-electron chi connectivity index (χ3n) is 6.35. The second-order valence-electron chi connectivity index (χ2n) is 8.20. The molecule has 0 aromatic rings. The Balaban J connectivity index is 1.63. The minimum Gasteiger partial charge on any atom is -0.351 e. The smallest absolute Gasteiger partial charge is 0.228 e. The Kier molecular flexibility index (Phi) is 2.89. The predicted octanol–water partition coefficient (Wildman–Crippen LogP) is 2.08. The van der Waals surface area contributed by atoms with E-state index in [1.54, 1.807) is 6.92 Å². The van der Waals surface area contributed by atoms with Crippen molar-refractivity contribution in [1.82, 2.24) is 10.2 Å². The van der Waals surface area contributed by atoms with Gasteiger partial charge in [-0.3, -0.25) is 9.59 Å². The van der Waals surface area contributed by atoms with Crippen LogP contribution in [-0.4, -0.2) is 35.3 Å². The van der Waals surface area contributed by atoms with E-state index in [2.05, 4.69) is 10.2 Å². The lowest BCUT2D eigenvalue weighted by Gasteiger charge is -2.61. The van der Waals surface area contributed by atoms with Gasteiger partial charge in [0.05, 0.1) is 5.41 Å². The van der Waals surface area contributed by atoms with E-state index in [0.29, 0.717) is 17.7 Å². The molecule has 2 unspecified atom stereocenters. The number of rotatable bonds is 2. The summed E-state index contributed by atoms with van der Waals surface area (Å²) in [6.45, 7) is 3.51. The molecule has 5 aliphatic rings. The van der Waals surface area contributed by atoms with E-state index in [-0.39, 0.29) is 16.9 Å². The Morgan fingerprint density at radius 1 is 1.05 bits per heavy atom. The first-order valence-electron chi connectivity index (χ1n) is 8.59. The second-order valence-corrected chi connectivity index (χ2v) is 8.20. The van der Waals surface area contributed by atoms with Crippen LogP contribution in [0.3, 0.4) is 0 Å². The molecule has 4 bridgehead atoms. The van der Waals surface area contributed by atoms with Gasteiger partial charge in [0.2, 0.25) is 11.8 Å². The molecule has 4 saturated carbocycles. The van der Waals surface area contributed by atoms with Crippen LogP contribution in [0.15, 0.2) is 0 Å². The maximum atomic E-state index is 13.1. The van der Waals surface area contributed by atoms with E-state index < -0.39 is 0 Å².